The normalized spacial score (nSPS) is 14.0. The number of aliphatic hydroxyl groups excluding tert-OH is 1. The molecule has 2 aromatic carbocycles. The largest absolute Gasteiger partial charge is 0.388 e. The summed E-state index contributed by atoms with van der Waals surface area (Å²) in [5.74, 6) is -0.446. The molecule has 0 aromatic heterocycles. The van der Waals surface area contributed by atoms with Gasteiger partial charge in [-0.3, -0.25) is 0 Å². The molecule has 0 amide bonds. The molecule has 0 heterocycles. The third kappa shape index (κ3) is 3.55. The molecule has 0 aliphatic rings. The molecule has 0 fully saturated rings. The Labute approximate surface area is 146 Å². The number of hydrogen-bond acceptors (Lipinski definition) is 2. The zero-order valence-corrected chi connectivity index (χ0v) is 14.7. The van der Waals surface area contributed by atoms with E-state index in [-0.39, 0.29) is 6.54 Å². The van der Waals surface area contributed by atoms with Crippen LogP contribution in [-0.2, 0) is 0 Å². The first kappa shape index (κ1) is 17.1. The fourth-order valence-corrected chi connectivity index (χ4v) is 3.53. The van der Waals surface area contributed by atoms with Gasteiger partial charge in [0, 0.05) is 32.5 Å². The number of hydrogen-bond donors (Lipinski definition) is 2. The molecule has 3 N–H and O–H groups in total. The minimum absolute atomic E-state index is 0.188. The highest BCUT2D eigenvalue weighted by Crippen LogP contribution is 2.41. The molecule has 0 aliphatic carbocycles. The maximum absolute atomic E-state index is 10.7. The molecule has 0 radical (unpaired) electrons. The van der Waals surface area contributed by atoms with Crippen LogP contribution in [-0.4, -0.2) is 11.7 Å². The molecule has 6 heteroatoms. The highest BCUT2D eigenvalue weighted by Gasteiger charge is 2.27. The summed E-state index contributed by atoms with van der Waals surface area (Å²) in [6.45, 7) is 0.188. The van der Waals surface area contributed by atoms with E-state index >= 15 is 0 Å². The van der Waals surface area contributed by atoms with Crippen LogP contribution in [0, 0.1) is 0 Å². The Morgan fingerprint density at radius 3 is 2.19 bits per heavy atom. The predicted molar refractivity (Wildman–Crippen MR) is 92.4 cm³/mol. The van der Waals surface area contributed by atoms with Crippen LogP contribution in [0.5, 0.6) is 0 Å². The van der Waals surface area contributed by atoms with Crippen molar-refractivity contribution in [1.29, 1.82) is 0 Å². The van der Waals surface area contributed by atoms with Crippen molar-refractivity contribution in [3.63, 3.8) is 0 Å². The molecule has 2 atom stereocenters. The first-order chi connectivity index (χ1) is 9.97. The van der Waals surface area contributed by atoms with Gasteiger partial charge in [-0.15, -0.1) is 0 Å². The summed E-state index contributed by atoms with van der Waals surface area (Å²) in [6, 6.07) is 10.6. The molecule has 0 bridgehead atoms. The standard InChI is InChI=1S/C15H13BrCl3NO/c16-10-4-1-3-8(14(10)19)15(21)9(7-20)13-11(17)5-2-6-12(13)18/h1-6,9,15,21H,7,20H2. The fraction of sp³-hybridized carbons (Fsp3) is 0.200. The lowest BCUT2D eigenvalue weighted by Crippen LogP contribution is -2.21. The van der Waals surface area contributed by atoms with Gasteiger partial charge in [0.05, 0.1) is 11.1 Å². The van der Waals surface area contributed by atoms with Gasteiger partial charge in [-0.25, -0.2) is 0 Å². The van der Waals surface area contributed by atoms with Crippen molar-refractivity contribution in [3.8, 4) is 0 Å². The second kappa shape index (κ2) is 7.32. The number of benzene rings is 2. The van der Waals surface area contributed by atoms with Crippen molar-refractivity contribution < 1.29 is 5.11 Å². The van der Waals surface area contributed by atoms with Gasteiger partial charge in [0.2, 0.25) is 0 Å². The lowest BCUT2D eigenvalue weighted by Gasteiger charge is -2.25. The van der Waals surface area contributed by atoms with Gasteiger partial charge in [-0.05, 0) is 39.7 Å². The summed E-state index contributed by atoms with van der Waals surface area (Å²) in [5.41, 5.74) is 7.05. The van der Waals surface area contributed by atoms with Crippen LogP contribution < -0.4 is 5.73 Å². The molecular weight excluding hydrogens is 396 g/mol. The zero-order valence-electron chi connectivity index (χ0n) is 10.9. The number of halogens is 4. The minimum Gasteiger partial charge on any atom is -0.388 e. The van der Waals surface area contributed by atoms with Crippen LogP contribution in [0.2, 0.25) is 15.1 Å². The van der Waals surface area contributed by atoms with Crippen molar-refractivity contribution in [2.75, 3.05) is 6.54 Å². The Morgan fingerprint density at radius 1 is 1.05 bits per heavy atom. The highest BCUT2D eigenvalue weighted by molar-refractivity contribution is 9.10. The number of rotatable bonds is 4. The third-order valence-electron chi connectivity index (χ3n) is 3.31. The molecule has 112 valence electrons. The summed E-state index contributed by atoms with van der Waals surface area (Å²) < 4.78 is 0.710. The van der Waals surface area contributed by atoms with E-state index < -0.39 is 12.0 Å². The maximum atomic E-state index is 10.7. The van der Waals surface area contributed by atoms with Crippen LogP contribution in [0.15, 0.2) is 40.9 Å². The van der Waals surface area contributed by atoms with Gasteiger partial charge in [0.1, 0.15) is 0 Å². The molecule has 0 spiro atoms. The SMILES string of the molecule is NCC(c1c(Cl)cccc1Cl)C(O)c1cccc(Br)c1Cl. The minimum atomic E-state index is -0.905. The van der Waals surface area contributed by atoms with E-state index in [0.29, 0.717) is 30.7 Å². The zero-order chi connectivity index (χ0) is 15.6. The van der Waals surface area contributed by atoms with Crippen molar-refractivity contribution in [2.24, 2.45) is 5.73 Å². The summed E-state index contributed by atoms with van der Waals surface area (Å²) >= 11 is 22.0. The average Bonchev–Trinajstić information content (AvgIpc) is 2.45. The molecule has 2 unspecified atom stereocenters. The Hall–Kier alpha value is -0.290. The first-order valence-corrected chi connectivity index (χ1v) is 8.16. The van der Waals surface area contributed by atoms with E-state index in [2.05, 4.69) is 15.9 Å². The van der Waals surface area contributed by atoms with E-state index in [1.807, 2.05) is 0 Å². The summed E-state index contributed by atoms with van der Waals surface area (Å²) in [7, 11) is 0. The molecule has 0 aliphatic heterocycles. The maximum Gasteiger partial charge on any atom is 0.0886 e. The lowest BCUT2D eigenvalue weighted by molar-refractivity contribution is 0.147. The van der Waals surface area contributed by atoms with Gasteiger partial charge in [-0.1, -0.05) is 53.0 Å². The average molecular weight is 410 g/mol. The van der Waals surface area contributed by atoms with Gasteiger partial charge < -0.3 is 10.8 Å². The van der Waals surface area contributed by atoms with Crippen molar-refractivity contribution >= 4 is 50.7 Å². The molecule has 2 aromatic rings. The number of aliphatic hydroxyl groups is 1. The summed E-state index contributed by atoms with van der Waals surface area (Å²) in [6.07, 6.45) is -0.905. The second-order valence-electron chi connectivity index (χ2n) is 4.57. The monoisotopic (exact) mass is 407 g/mol. The first-order valence-electron chi connectivity index (χ1n) is 6.23. The van der Waals surface area contributed by atoms with Gasteiger partial charge in [0.25, 0.3) is 0 Å². The quantitative estimate of drug-likeness (QED) is 0.730. The fourth-order valence-electron chi connectivity index (χ4n) is 2.24. The Balaban J connectivity index is 2.48. The molecule has 0 saturated carbocycles. The van der Waals surface area contributed by atoms with Gasteiger partial charge in [0.15, 0.2) is 0 Å². The number of nitrogens with two attached hydrogens (primary N) is 1. The van der Waals surface area contributed by atoms with E-state index in [4.69, 9.17) is 40.5 Å². The molecular formula is C15H13BrCl3NO. The van der Waals surface area contributed by atoms with Gasteiger partial charge >= 0.3 is 0 Å². The topological polar surface area (TPSA) is 46.2 Å². The third-order valence-corrected chi connectivity index (χ3v) is 5.28. The molecule has 21 heavy (non-hydrogen) atoms. The van der Waals surface area contributed by atoms with Crippen molar-refractivity contribution in [3.05, 3.63) is 67.1 Å². The van der Waals surface area contributed by atoms with Crippen molar-refractivity contribution in [2.45, 2.75) is 12.0 Å². The Bertz CT molecular complexity index is 631. The lowest BCUT2D eigenvalue weighted by atomic mass is 9.89. The van der Waals surface area contributed by atoms with Gasteiger partial charge in [-0.2, -0.15) is 0 Å². The van der Waals surface area contributed by atoms with Crippen LogP contribution in [0.1, 0.15) is 23.1 Å². The summed E-state index contributed by atoms with van der Waals surface area (Å²) in [4.78, 5) is 0. The Kier molecular flexibility index (Phi) is 5.95. The molecule has 0 saturated heterocycles. The van der Waals surface area contributed by atoms with Crippen LogP contribution in [0.4, 0.5) is 0 Å². The smallest absolute Gasteiger partial charge is 0.0886 e. The van der Waals surface area contributed by atoms with Crippen LogP contribution in [0.3, 0.4) is 0 Å². The van der Waals surface area contributed by atoms with E-state index in [0.717, 1.165) is 0 Å². The summed E-state index contributed by atoms with van der Waals surface area (Å²) in [5, 5.41) is 12.1. The van der Waals surface area contributed by atoms with Crippen molar-refractivity contribution in [1.82, 2.24) is 0 Å². The Morgan fingerprint density at radius 2 is 1.62 bits per heavy atom. The molecule has 2 rings (SSSR count). The predicted octanol–water partition coefficient (Wildman–Crippen LogP) is 5.19. The van der Waals surface area contributed by atoms with E-state index in [9.17, 15) is 5.11 Å². The van der Waals surface area contributed by atoms with Crippen LogP contribution in [0.25, 0.3) is 0 Å². The highest BCUT2D eigenvalue weighted by atomic mass is 79.9. The van der Waals surface area contributed by atoms with E-state index in [1.54, 1.807) is 36.4 Å². The second-order valence-corrected chi connectivity index (χ2v) is 6.61. The van der Waals surface area contributed by atoms with E-state index in [1.165, 1.54) is 0 Å². The van der Waals surface area contributed by atoms with Crippen LogP contribution >= 0.6 is 50.7 Å². The molecule has 2 nitrogen and oxygen atoms in total.